The average molecular weight is 294 g/mol. The Morgan fingerprint density at radius 3 is 2.80 bits per heavy atom. The lowest BCUT2D eigenvalue weighted by molar-refractivity contribution is 0.258. The minimum Gasteiger partial charge on any atom is -0.490 e. The summed E-state index contributed by atoms with van der Waals surface area (Å²) in [5.41, 5.74) is 0.225. The second-order valence-corrected chi connectivity index (χ2v) is 4.57. The molecule has 15 heavy (non-hydrogen) atoms. The molecule has 0 aromatic carbocycles. The van der Waals surface area contributed by atoms with Crippen molar-refractivity contribution in [3.05, 3.63) is 22.9 Å². The Balaban J connectivity index is 0.00000112. The molecular weight excluding hydrogens is 279 g/mol. The normalized spacial score (nSPS) is 16.7. The fourth-order valence-corrected chi connectivity index (χ4v) is 1.65. The molecule has 0 unspecified atom stereocenters. The van der Waals surface area contributed by atoms with Gasteiger partial charge in [-0.25, -0.2) is 0 Å². The van der Waals surface area contributed by atoms with Gasteiger partial charge in [0, 0.05) is 10.7 Å². The van der Waals surface area contributed by atoms with Crippen molar-refractivity contribution in [3.63, 3.8) is 0 Å². The number of rotatable bonds is 4. The van der Waals surface area contributed by atoms with Gasteiger partial charge < -0.3 is 10.1 Å². The summed E-state index contributed by atoms with van der Waals surface area (Å²) in [6, 6.07) is 1.93. The molecule has 3 nitrogen and oxygen atoms in total. The van der Waals surface area contributed by atoms with Crippen molar-refractivity contribution in [2.24, 2.45) is 0 Å². The summed E-state index contributed by atoms with van der Waals surface area (Å²) >= 11 is 3.36. The van der Waals surface area contributed by atoms with E-state index in [2.05, 4.69) is 26.2 Å². The molecule has 1 heterocycles. The summed E-state index contributed by atoms with van der Waals surface area (Å²) in [5.74, 6) is 0.820. The van der Waals surface area contributed by atoms with Gasteiger partial charge in [0.05, 0.1) is 11.7 Å². The second-order valence-electron chi connectivity index (χ2n) is 3.66. The Hall–Kier alpha value is -0.320. The smallest absolute Gasteiger partial charge is 0.138 e. The zero-order valence-electron chi connectivity index (χ0n) is 8.50. The number of hydrogen-bond donors (Lipinski definition) is 1. The molecule has 84 valence electrons. The number of hydrogen-bond acceptors (Lipinski definition) is 3. The summed E-state index contributed by atoms with van der Waals surface area (Å²) in [7, 11) is 1.98. The molecule has 0 saturated heterocycles. The molecule has 0 bridgehead atoms. The van der Waals surface area contributed by atoms with Gasteiger partial charge in [0.2, 0.25) is 0 Å². The number of nitrogens with zero attached hydrogens (tertiary/aromatic N) is 1. The predicted octanol–water partition coefficient (Wildman–Crippen LogP) is 2.40. The van der Waals surface area contributed by atoms with E-state index in [9.17, 15) is 0 Å². The van der Waals surface area contributed by atoms with Gasteiger partial charge in [-0.1, -0.05) is 0 Å². The molecule has 0 radical (unpaired) electrons. The van der Waals surface area contributed by atoms with Crippen LogP contribution in [0.25, 0.3) is 0 Å². The van der Waals surface area contributed by atoms with Gasteiger partial charge in [-0.05, 0) is 41.9 Å². The van der Waals surface area contributed by atoms with Crippen LogP contribution in [0.2, 0.25) is 0 Å². The minimum atomic E-state index is 0. The van der Waals surface area contributed by atoms with Crippen LogP contribution < -0.4 is 10.1 Å². The molecule has 1 aromatic rings. The van der Waals surface area contributed by atoms with Gasteiger partial charge in [0.25, 0.3) is 0 Å². The summed E-state index contributed by atoms with van der Waals surface area (Å²) in [6.07, 6.45) is 5.88. The lowest BCUT2D eigenvalue weighted by Crippen LogP contribution is -2.33. The quantitative estimate of drug-likeness (QED) is 0.925. The molecule has 1 aromatic heterocycles. The zero-order chi connectivity index (χ0) is 10.0. The minimum absolute atomic E-state index is 0. The largest absolute Gasteiger partial charge is 0.490 e. The first-order valence-electron chi connectivity index (χ1n) is 4.66. The van der Waals surface area contributed by atoms with E-state index >= 15 is 0 Å². The average Bonchev–Trinajstić information content (AvgIpc) is 2.96. The van der Waals surface area contributed by atoms with Crippen LogP contribution in [0.5, 0.6) is 5.75 Å². The zero-order valence-corrected chi connectivity index (χ0v) is 10.9. The lowest BCUT2D eigenvalue weighted by Gasteiger charge is -2.14. The number of aromatic nitrogens is 1. The third kappa shape index (κ3) is 3.33. The van der Waals surface area contributed by atoms with E-state index in [0.29, 0.717) is 0 Å². The Bertz CT molecular complexity index is 331. The van der Waals surface area contributed by atoms with E-state index < -0.39 is 0 Å². The van der Waals surface area contributed by atoms with Crippen LogP contribution in [0.3, 0.4) is 0 Å². The van der Waals surface area contributed by atoms with Crippen molar-refractivity contribution in [3.8, 4) is 5.75 Å². The maximum absolute atomic E-state index is 5.65. The molecule has 0 spiro atoms. The fourth-order valence-electron chi connectivity index (χ4n) is 1.31. The Morgan fingerprint density at radius 2 is 2.27 bits per heavy atom. The number of ether oxygens (including phenoxy) is 1. The molecule has 1 aliphatic carbocycles. The lowest BCUT2D eigenvalue weighted by atomic mass is 10.3. The number of likely N-dealkylation sites (N-methyl/N-ethyl adjacent to an activating group) is 1. The highest BCUT2D eigenvalue weighted by Gasteiger charge is 2.41. The van der Waals surface area contributed by atoms with Crippen molar-refractivity contribution in [1.29, 1.82) is 0 Å². The third-order valence-corrected chi connectivity index (χ3v) is 3.01. The van der Waals surface area contributed by atoms with Crippen LogP contribution in [-0.2, 0) is 0 Å². The number of nitrogens with one attached hydrogen (secondary N) is 1. The summed E-state index contributed by atoms with van der Waals surface area (Å²) < 4.78 is 6.60. The van der Waals surface area contributed by atoms with Crippen molar-refractivity contribution in [2.45, 2.75) is 18.4 Å². The van der Waals surface area contributed by atoms with Crippen LogP contribution >= 0.6 is 28.3 Å². The number of halogens is 2. The molecular formula is C10H14BrClN2O. The van der Waals surface area contributed by atoms with Crippen molar-refractivity contribution < 1.29 is 4.74 Å². The first-order valence-corrected chi connectivity index (χ1v) is 5.46. The van der Waals surface area contributed by atoms with E-state index in [1.165, 1.54) is 12.8 Å². The van der Waals surface area contributed by atoms with Gasteiger partial charge in [-0.3, -0.25) is 4.98 Å². The van der Waals surface area contributed by atoms with Gasteiger partial charge in [-0.2, -0.15) is 0 Å². The summed E-state index contributed by atoms with van der Waals surface area (Å²) in [4.78, 5) is 4.04. The van der Waals surface area contributed by atoms with Gasteiger partial charge >= 0.3 is 0 Å². The monoisotopic (exact) mass is 292 g/mol. The first-order chi connectivity index (χ1) is 6.74. The maximum atomic E-state index is 5.65. The van der Waals surface area contributed by atoms with Crippen LogP contribution in [0.15, 0.2) is 22.9 Å². The van der Waals surface area contributed by atoms with Crippen LogP contribution in [0, 0.1) is 0 Å². The molecule has 1 N–H and O–H groups in total. The molecule has 0 atom stereocenters. The first kappa shape index (κ1) is 12.7. The van der Waals surface area contributed by atoms with Crippen LogP contribution in [-0.4, -0.2) is 24.2 Å². The van der Waals surface area contributed by atoms with E-state index in [4.69, 9.17) is 4.74 Å². The highest BCUT2D eigenvalue weighted by Crippen LogP contribution is 2.35. The highest BCUT2D eigenvalue weighted by molar-refractivity contribution is 9.10. The molecule has 1 saturated carbocycles. The molecule has 2 rings (SSSR count). The Morgan fingerprint density at radius 1 is 1.53 bits per heavy atom. The summed E-state index contributed by atoms with van der Waals surface area (Å²) in [5, 5.41) is 3.28. The van der Waals surface area contributed by atoms with Gasteiger partial charge in [-0.15, -0.1) is 12.4 Å². The Labute approximate surface area is 104 Å². The standard InChI is InChI=1S/C10H13BrN2O.ClH/c1-12-10(2-3-10)7-14-9-4-8(11)5-13-6-9;/h4-6,12H,2-3,7H2,1H3;1H. The Kier molecular flexibility index (Phi) is 4.37. The van der Waals surface area contributed by atoms with E-state index in [1.54, 1.807) is 12.4 Å². The maximum Gasteiger partial charge on any atom is 0.138 e. The molecule has 5 heteroatoms. The SMILES string of the molecule is CNC1(COc2cncc(Br)c2)CC1.Cl. The summed E-state index contributed by atoms with van der Waals surface area (Å²) in [6.45, 7) is 0.724. The molecule has 0 amide bonds. The van der Waals surface area contributed by atoms with E-state index in [0.717, 1.165) is 16.8 Å². The number of pyridine rings is 1. The van der Waals surface area contributed by atoms with Crippen molar-refractivity contribution in [1.82, 2.24) is 10.3 Å². The predicted molar refractivity (Wildman–Crippen MR) is 65.7 cm³/mol. The third-order valence-electron chi connectivity index (χ3n) is 2.58. The van der Waals surface area contributed by atoms with Gasteiger partial charge in [0.1, 0.15) is 12.4 Å². The van der Waals surface area contributed by atoms with Crippen molar-refractivity contribution in [2.75, 3.05) is 13.7 Å². The molecule has 0 aliphatic heterocycles. The topological polar surface area (TPSA) is 34.1 Å². The second kappa shape index (κ2) is 5.14. The van der Waals surface area contributed by atoms with E-state index in [-0.39, 0.29) is 17.9 Å². The molecule has 1 fully saturated rings. The van der Waals surface area contributed by atoms with Crippen LogP contribution in [0.1, 0.15) is 12.8 Å². The molecule has 1 aliphatic rings. The van der Waals surface area contributed by atoms with Crippen LogP contribution in [0.4, 0.5) is 0 Å². The fraction of sp³-hybridized carbons (Fsp3) is 0.500. The van der Waals surface area contributed by atoms with Gasteiger partial charge in [0.15, 0.2) is 0 Å². The highest BCUT2D eigenvalue weighted by atomic mass is 79.9. The van der Waals surface area contributed by atoms with Crippen molar-refractivity contribution >= 4 is 28.3 Å². The van der Waals surface area contributed by atoms with E-state index in [1.807, 2.05) is 13.1 Å².